The summed E-state index contributed by atoms with van der Waals surface area (Å²) in [4.78, 5) is 15.9. The summed E-state index contributed by atoms with van der Waals surface area (Å²) in [6, 6.07) is 16.0. The number of hydrogen-bond donors (Lipinski definition) is 1. The predicted molar refractivity (Wildman–Crippen MR) is 136 cm³/mol. The molecule has 0 amide bonds. The van der Waals surface area contributed by atoms with E-state index in [1.165, 1.54) is 48.7 Å². The molecule has 0 spiro atoms. The van der Waals surface area contributed by atoms with Gasteiger partial charge in [0.15, 0.2) is 0 Å². The lowest BCUT2D eigenvalue weighted by atomic mass is 9.81. The van der Waals surface area contributed by atoms with Gasteiger partial charge in [0.2, 0.25) is 0 Å². The Morgan fingerprint density at radius 2 is 1.76 bits per heavy atom. The first-order valence-electron chi connectivity index (χ1n) is 11.8. The third-order valence-corrected chi connectivity index (χ3v) is 7.19. The number of rotatable bonds is 3. The van der Waals surface area contributed by atoms with Gasteiger partial charge >= 0.3 is 5.97 Å². The maximum Gasteiger partial charge on any atom is 0.335 e. The Morgan fingerprint density at radius 1 is 1.00 bits per heavy atom. The quantitative estimate of drug-likeness (QED) is 0.349. The number of benzene rings is 2. The Bertz CT molecular complexity index is 1360. The molecule has 6 heteroatoms. The Hall–Kier alpha value is -3.31. The second kappa shape index (κ2) is 9.15. The Labute approximate surface area is 204 Å². The van der Waals surface area contributed by atoms with Crippen LogP contribution in [-0.2, 0) is 6.54 Å². The molecule has 1 fully saturated rings. The standard InChI is InChI=1S/C28H26N2O3.ClH/c31-28(32)20-9-10-22-24(17-20)30-15-16-33-27-21(18-11-13-29-14-12-18)7-4-8-23(27)26(30)25(22)19-5-2-1-3-6-19;/h4,7-14,17,19H,1-3,5-6,15-16H2,(H,31,32);1H. The van der Waals surface area contributed by atoms with E-state index in [4.69, 9.17) is 4.74 Å². The number of carboxylic acids is 1. The van der Waals surface area contributed by atoms with Crippen molar-refractivity contribution >= 4 is 29.3 Å². The van der Waals surface area contributed by atoms with Crippen molar-refractivity contribution in [2.75, 3.05) is 6.61 Å². The van der Waals surface area contributed by atoms with Crippen molar-refractivity contribution in [1.82, 2.24) is 9.55 Å². The van der Waals surface area contributed by atoms with Crippen LogP contribution in [0.2, 0.25) is 0 Å². The van der Waals surface area contributed by atoms with E-state index in [1.54, 1.807) is 6.07 Å². The van der Waals surface area contributed by atoms with E-state index in [0.717, 1.165) is 28.0 Å². The minimum absolute atomic E-state index is 0. The van der Waals surface area contributed by atoms with E-state index in [2.05, 4.69) is 27.8 Å². The minimum atomic E-state index is -0.892. The van der Waals surface area contributed by atoms with E-state index < -0.39 is 5.97 Å². The van der Waals surface area contributed by atoms with Gasteiger partial charge < -0.3 is 14.4 Å². The second-order valence-electron chi connectivity index (χ2n) is 9.05. The molecule has 0 bridgehead atoms. The lowest BCUT2D eigenvalue weighted by Crippen LogP contribution is -2.07. The molecule has 2 aromatic heterocycles. The largest absolute Gasteiger partial charge is 0.490 e. The summed E-state index contributed by atoms with van der Waals surface area (Å²) in [5.41, 5.74) is 7.12. The number of nitrogens with zero attached hydrogens (tertiary/aromatic N) is 2. The van der Waals surface area contributed by atoms with Crippen LogP contribution in [0.1, 0.15) is 53.9 Å². The molecule has 1 aliphatic carbocycles. The first-order chi connectivity index (χ1) is 16.2. The number of ether oxygens (including phenoxy) is 1. The van der Waals surface area contributed by atoms with Crippen LogP contribution < -0.4 is 4.74 Å². The Balaban J connectivity index is 0.00000241. The SMILES string of the molecule is Cl.O=C(O)c1ccc2c(C3CCCCC3)c3n(c2c1)CCOc1c(-c2ccncc2)cccc1-3. The summed E-state index contributed by atoms with van der Waals surface area (Å²) in [7, 11) is 0. The average Bonchev–Trinajstić information content (AvgIpc) is 3.05. The highest BCUT2D eigenvalue weighted by Gasteiger charge is 2.30. The molecule has 6 rings (SSSR count). The molecule has 3 heterocycles. The molecule has 0 atom stereocenters. The fourth-order valence-corrected chi connectivity index (χ4v) is 5.71. The summed E-state index contributed by atoms with van der Waals surface area (Å²) in [6.07, 6.45) is 9.74. The van der Waals surface area contributed by atoms with E-state index in [9.17, 15) is 9.90 Å². The third kappa shape index (κ3) is 3.64. The molecule has 0 saturated heterocycles. The van der Waals surface area contributed by atoms with Crippen LogP contribution >= 0.6 is 12.4 Å². The van der Waals surface area contributed by atoms with Crippen molar-refractivity contribution in [2.24, 2.45) is 0 Å². The zero-order chi connectivity index (χ0) is 22.4. The summed E-state index contributed by atoms with van der Waals surface area (Å²) in [6.45, 7) is 1.22. The van der Waals surface area contributed by atoms with Crippen molar-refractivity contribution < 1.29 is 14.6 Å². The fourth-order valence-electron chi connectivity index (χ4n) is 5.71. The van der Waals surface area contributed by atoms with Crippen molar-refractivity contribution in [3.8, 4) is 28.1 Å². The predicted octanol–water partition coefficient (Wildman–Crippen LogP) is 6.93. The highest BCUT2D eigenvalue weighted by atomic mass is 35.5. The molecule has 34 heavy (non-hydrogen) atoms. The molecule has 2 aliphatic rings. The van der Waals surface area contributed by atoms with Gasteiger partial charge in [-0.1, -0.05) is 37.5 Å². The number of pyridine rings is 1. The van der Waals surface area contributed by atoms with E-state index in [1.807, 2.05) is 36.7 Å². The van der Waals surface area contributed by atoms with Gasteiger partial charge in [0.05, 0.1) is 17.8 Å². The monoisotopic (exact) mass is 474 g/mol. The lowest BCUT2D eigenvalue weighted by molar-refractivity contribution is 0.0697. The number of fused-ring (bicyclic) bond motifs is 5. The number of hydrogen-bond acceptors (Lipinski definition) is 3. The van der Waals surface area contributed by atoms with Gasteiger partial charge in [-0.2, -0.15) is 0 Å². The van der Waals surface area contributed by atoms with E-state index in [-0.39, 0.29) is 12.4 Å². The smallest absolute Gasteiger partial charge is 0.335 e. The maximum atomic E-state index is 11.7. The number of aromatic carboxylic acids is 1. The summed E-state index contributed by atoms with van der Waals surface area (Å²) < 4.78 is 8.69. The normalized spacial score (nSPS) is 15.5. The van der Waals surface area contributed by atoms with Crippen LogP contribution in [0.3, 0.4) is 0 Å². The highest BCUT2D eigenvalue weighted by Crippen LogP contribution is 2.49. The Kier molecular flexibility index (Phi) is 6.05. The second-order valence-corrected chi connectivity index (χ2v) is 9.05. The van der Waals surface area contributed by atoms with Crippen LogP contribution in [0, 0.1) is 0 Å². The number of para-hydroxylation sites is 1. The number of carbonyl (C=O) groups is 1. The number of halogens is 1. The van der Waals surface area contributed by atoms with E-state index >= 15 is 0 Å². The van der Waals surface area contributed by atoms with Gasteiger partial charge in [0.25, 0.3) is 0 Å². The van der Waals surface area contributed by atoms with Crippen molar-refractivity contribution in [3.63, 3.8) is 0 Å². The van der Waals surface area contributed by atoms with Crippen molar-refractivity contribution in [3.05, 3.63) is 72.1 Å². The summed E-state index contributed by atoms with van der Waals surface area (Å²) >= 11 is 0. The van der Waals surface area contributed by atoms with Gasteiger partial charge in [-0.05, 0) is 60.2 Å². The van der Waals surface area contributed by atoms with Gasteiger partial charge in [0, 0.05) is 34.4 Å². The Morgan fingerprint density at radius 3 is 2.53 bits per heavy atom. The molecule has 5 nitrogen and oxygen atoms in total. The van der Waals surface area contributed by atoms with Gasteiger partial charge in [-0.15, -0.1) is 12.4 Å². The van der Waals surface area contributed by atoms with E-state index in [0.29, 0.717) is 24.6 Å². The molecule has 4 aromatic rings. The maximum absolute atomic E-state index is 11.7. The fraction of sp³-hybridized carbons (Fsp3) is 0.286. The molecule has 0 unspecified atom stereocenters. The zero-order valence-electron chi connectivity index (χ0n) is 18.9. The first kappa shape index (κ1) is 22.5. The van der Waals surface area contributed by atoms with Gasteiger partial charge in [0.1, 0.15) is 12.4 Å². The van der Waals surface area contributed by atoms with Crippen molar-refractivity contribution in [2.45, 2.75) is 44.6 Å². The summed E-state index contributed by atoms with van der Waals surface area (Å²) in [5, 5.41) is 10.8. The van der Waals surface area contributed by atoms with Gasteiger partial charge in [-0.25, -0.2) is 4.79 Å². The molecule has 0 radical (unpaired) electrons. The number of aromatic nitrogens is 2. The van der Waals surface area contributed by atoms with Crippen LogP contribution in [0.4, 0.5) is 0 Å². The molecule has 174 valence electrons. The molecule has 2 aromatic carbocycles. The van der Waals surface area contributed by atoms with Gasteiger partial charge in [-0.3, -0.25) is 4.98 Å². The molecular weight excluding hydrogens is 448 g/mol. The topological polar surface area (TPSA) is 64.3 Å². The highest BCUT2D eigenvalue weighted by molar-refractivity contribution is 5.99. The average molecular weight is 475 g/mol. The molecule has 1 N–H and O–H groups in total. The van der Waals surface area contributed by atoms with Crippen molar-refractivity contribution in [1.29, 1.82) is 0 Å². The van der Waals surface area contributed by atoms with Crippen LogP contribution in [-0.4, -0.2) is 27.2 Å². The van der Waals surface area contributed by atoms with Crippen LogP contribution in [0.15, 0.2) is 60.9 Å². The minimum Gasteiger partial charge on any atom is -0.490 e. The zero-order valence-corrected chi connectivity index (χ0v) is 19.7. The molecular formula is C28H27ClN2O3. The summed E-state index contributed by atoms with van der Waals surface area (Å²) in [5.74, 6) is 0.487. The third-order valence-electron chi connectivity index (χ3n) is 7.19. The van der Waals surface area contributed by atoms with Crippen LogP contribution in [0.25, 0.3) is 33.3 Å². The number of carboxylic acid groups (broad SMARTS) is 1. The molecule has 1 saturated carbocycles. The lowest BCUT2D eigenvalue weighted by Gasteiger charge is -2.24. The first-order valence-corrected chi connectivity index (χ1v) is 11.8. The molecule has 1 aliphatic heterocycles. The van der Waals surface area contributed by atoms with Crippen LogP contribution in [0.5, 0.6) is 5.75 Å².